The molecule has 5 heteroatoms. The molecule has 1 heterocycles. The number of hydrogen-bond donors (Lipinski definition) is 0. The van der Waals surface area contributed by atoms with Crippen molar-refractivity contribution < 1.29 is 4.74 Å². The largest absolute Gasteiger partial charge is 0.488 e. The van der Waals surface area contributed by atoms with E-state index in [0.29, 0.717) is 17.6 Å². The SMILES string of the molecule is Cc1ccc(OCc2c(C)nn(C)c2Cl)c(CCl)c1. The molecule has 2 rings (SSSR count). The molecule has 102 valence electrons. The number of alkyl halides is 1. The summed E-state index contributed by atoms with van der Waals surface area (Å²) in [5.41, 5.74) is 3.94. The minimum Gasteiger partial charge on any atom is -0.488 e. The van der Waals surface area contributed by atoms with Gasteiger partial charge in [0.25, 0.3) is 0 Å². The van der Waals surface area contributed by atoms with Crippen LogP contribution in [0.5, 0.6) is 5.75 Å². The molecule has 1 aromatic heterocycles. The third-order valence-corrected chi connectivity index (χ3v) is 3.76. The van der Waals surface area contributed by atoms with Crippen LogP contribution in [-0.2, 0) is 19.5 Å². The summed E-state index contributed by atoms with van der Waals surface area (Å²) in [4.78, 5) is 0. The Kier molecular flexibility index (Phi) is 4.38. The first kappa shape index (κ1) is 14.2. The van der Waals surface area contributed by atoms with Gasteiger partial charge in [0.15, 0.2) is 0 Å². The number of halogens is 2. The summed E-state index contributed by atoms with van der Waals surface area (Å²) < 4.78 is 7.47. The molecule has 0 N–H and O–H groups in total. The second-order valence-corrected chi connectivity index (χ2v) is 5.14. The van der Waals surface area contributed by atoms with Crippen molar-refractivity contribution in [2.75, 3.05) is 0 Å². The fourth-order valence-corrected chi connectivity index (χ4v) is 2.38. The molecule has 0 aliphatic rings. The van der Waals surface area contributed by atoms with Crippen molar-refractivity contribution in [1.82, 2.24) is 9.78 Å². The fourth-order valence-electron chi connectivity index (χ4n) is 1.94. The number of aryl methyl sites for hydroxylation is 3. The molecule has 0 fully saturated rings. The van der Waals surface area contributed by atoms with Crippen LogP contribution in [0.3, 0.4) is 0 Å². The average molecular weight is 299 g/mol. The molecule has 0 atom stereocenters. The third-order valence-electron chi connectivity index (χ3n) is 3.00. The predicted molar refractivity (Wildman–Crippen MR) is 78.0 cm³/mol. The Labute approximate surface area is 123 Å². The standard InChI is InChI=1S/C14H16Cl2N2O/c1-9-4-5-13(11(6-9)7-15)19-8-12-10(2)17-18(3)14(12)16/h4-6H,7-8H2,1-3H3. The Bertz CT molecular complexity index is 593. The molecule has 0 bridgehead atoms. The summed E-state index contributed by atoms with van der Waals surface area (Å²) in [6.07, 6.45) is 0. The Morgan fingerprint density at radius 3 is 2.63 bits per heavy atom. The fraction of sp³-hybridized carbons (Fsp3) is 0.357. The van der Waals surface area contributed by atoms with Crippen LogP contribution in [0.15, 0.2) is 18.2 Å². The average Bonchev–Trinajstić information content (AvgIpc) is 2.62. The molecular formula is C14H16Cl2N2O. The first-order chi connectivity index (χ1) is 9.02. The third kappa shape index (κ3) is 3.04. The highest BCUT2D eigenvalue weighted by Gasteiger charge is 2.12. The van der Waals surface area contributed by atoms with Crippen LogP contribution in [0, 0.1) is 13.8 Å². The topological polar surface area (TPSA) is 27.1 Å². The van der Waals surface area contributed by atoms with Crippen molar-refractivity contribution in [1.29, 1.82) is 0 Å². The summed E-state index contributed by atoms with van der Waals surface area (Å²) in [6.45, 7) is 4.34. The van der Waals surface area contributed by atoms with Crippen LogP contribution in [0.25, 0.3) is 0 Å². The summed E-state index contributed by atoms with van der Waals surface area (Å²) in [5, 5.41) is 4.87. The maximum absolute atomic E-state index is 6.17. The van der Waals surface area contributed by atoms with Gasteiger partial charge < -0.3 is 4.74 Å². The second kappa shape index (κ2) is 5.85. The quantitative estimate of drug-likeness (QED) is 0.798. The molecule has 0 saturated carbocycles. The number of benzene rings is 1. The van der Waals surface area contributed by atoms with Gasteiger partial charge in [-0.2, -0.15) is 5.10 Å². The zero-order valence-electron chi connectivity index (χ0n) is 11.2. The lowest BCUT2D eigenvalue weighted by Crippen LogP contribution is -1.99. The van der Waals surface area contributed by atoms with Crippen LogP contribution in [0.2, 0.25) is 5.15 Å². The molecule has 19 heavy (non-hydrogen) atoms. The zero-order valence-corrected chi connectivity index (χ0v) is 12.7. The smallest absolute Gasteiger partial charge is 0.133 e. The molecule has 0 spiro atoms. The van der Waals surface area contributed by atoms with Crippen LogP contribution in [-0.4, -0.2) is 9.78 Å². The Morgan fingerprint density at radius 1 is 1.32 bits per heavy atom. The highest BCUT2D eigenvalue weighted by molar-refractivity contribution is 6.30. The van der Waals surface area contributed by atoms with E-state index in [4.69, 9.17) is 27.9 Å². The zero-order chi connectivity index (χ0) is 14.0. The van der Waals surface area contributed by atoms with Crippen molar-refractivity contribution in [3.8, 4) is 5.75 Å². The Balaban J connectivity index is 2.19. The number of nitrogens with zero attached hydrogens (tertiary/aromatic N) is 2. The van der Waals surface area contributed by atoms with Gasteiger partial charge in [-0.3, -0.25) is 4.68 Å². The van der Waals surface area contributed by atoms with Crippen LogP contribution in [0.1, 0.15) is 22.4 Å². The van der Waals surface area contributed by atoms with Gasteiger partial charge in [0.1, 0.15) is 17.5 Å². The molecule has 0 saturated heterocycles. The van der Waals surface area contributed by atoms with E-state index in [1.54, 1.807) is 4.68 Å². The lowest BCUT2D eigenvalue weighted by Gasteiger charge is -2.10. The van der Waals surface area contributed by atoms with Gasteiger partial charge >= 0.3 is 0 Å². The monoisotopic (exact) mass is 298 g/mol. The van der Waals surface area contributed by atoms with Crippen molar-refractivity contribution in [3.05, 3.63) is 45.7 Å². The second-order valence-electron chi connectivity index (χ2n) is 4.51. The summed E-state index contributed by atoms with van der Waals surface area (Å²) >= 11 is 12.1. The van der Waals surface area contributed by atoms with Gasteiger partial charge in [0.05, 0.1) is 11.6 Å². The number of ether oxygens (including phenoxy) is 1. The van der Waals surface area contributed by atoms with Crippen LogP contribution in [0.4, 0.5) is 0 Å². The highest BCUT2D eigenvalue weighted by atomic mass is 35.5. The maximum atomic E-state index is 6.17. The van der Waals surface area contributed by atoms with Crippen molar-refractivity contribution in [3.63, 3.8) is 0 Å². The molecule has 0 amide bonds. The van der Waals surface area contributed by atoms with E-state index in [-0.39, 0.29) is 0 Å². The van der Waals surface area contributed by atoms with E-state index in [0.717, 1.165) is 22.6 Å². The van der Waals surface area contributed by atoms with Crippen LogP contribution >= 0.6 is 23.2 Å². The summed E-state index contributed by atoms with van der Waals surface area (Å²) in [5.74, 6) is 1.22. The van der Waals surface area contributed by atoms with Crippen molar-refractivity contribution in [2.24, 2.45) is 7.05 Å². The molecule has 0 radical (unpaired) electrons. The maximum Gasteiger partial charge on any atom is 0.133 e. The molecule has 0 aliphatic carbocycles. The normalized spacial score (nSPS) is 10.8. The number of rotatable bonds is 4. The van der Waals surface area contributed by atoms with Gasteiger partial charge in [0.2, 0.25) is 0 Å². The number of hydrogen-bond acceptors (Lipinski definition) is 2. The molecular weight excluding hydrogens is 283 g/mol. The van der Waals surface area contributed by atoms with E-state index in [2.05, 4.69) is 5.10 Å². The van der Waals surface area contributed by atoms with Crippen molar-refractivity contribution >= 4 is 23.2 Å². The first-order valence-corrected chi connectivity index (χ1v) is 6.90. The highest BCUT2D eigenvalue weighted by Crippen LogP contribution is 2.25. The molecule has 2 aromatic rings. The van der Waals surface area contributed by atoms with E-state index < -0.39 is 0 Å². The Hall–Kier alpha value is -1.19. The van der Waals surface area contributed by atoms with Gasteiger partial charge in [-0.25, -0.2) is 0 Å². The molecule has 3 nitrogen and oxygen atoms in total. The van der Waals surface area contributed by atoms with Gasteiger partial charge in [-0.05, 0) is 19.9 Å². The first-order valence-electron chi connectivity index (χ1n) is 5.99. The molecule has 1 aromatic carbocycles. The van der Waals surface area contributed by atoms with Gasteiger partial charge in [-0.15, -0.1) is 11.6 Å². The minimum atomic E-state index is 0.394. The Morgan fingerprint density at radius 2 is 2.05 bits per heavy atom. The lowest BCUT2D eigenvalue weighted by atomic mass is 10.1. The molecule has 0 aliphatic heterocycles. The number of aromatic nitrogens is 2. The van der Waals surface area contributed by atoms with E-state index >= 15 is 0 Å². The van der Waals surface area contributed by atoms with Crippen LogP contribution < -0.4 is 4.74 Å². The predicted octanol–water partition coefficient (Wildman–Crippen LogP) is 4.01. The van der Waals surface area contributed by atoms with E-state index in [1.165, 1.54) is 5.56 Å². The summed E-state index contributed by atoms with van der Waals surface area (Å²) in [6, 6.07) is 5.97. The van der Waals surface area contributed by atoms with E-state index in [9.17, 15) is 0 Å². The van der Waals surface area contributed by atoms with Gasteiger partial charge in [0, 0.05) is 18.2 Å². The van der Waals surface area contributed by atoms with Crippen molar-refractivity contribution in [2.45, 2.75) is 26.3 Å². The van der Waals surface area contributed by atoms with Gasteiger partial charge in [-0.1, -0.05) is 29.3 Å². The minimum absolute atomic E-state index is 0.394. The summed E-state index contributed by atoms with van der Waals surface area (Å²) in [7, 11) is 1.81. The lowest BCUT2D eigenvalue weighted by molar-refractivity contribution is 0.303. The molecule has 0 unspecified atom stereocenters. The van der Waals surface area contributed by atoms with E-state index in [1.807, 2.05) is 39.1 Å².